The highest BCUT2D eigenvalue weighted by Crippen LogP contribution is 2.05. The van der Waals surface area contributed by atoms with Crippen LogP contribution in [0.3, 0.4) is 0 Å². The second-order valence-corrected chi connectivity index (χ2v) is 27.3. The Hall–Kier alpha value is -1.62. The van der Waals surface area contributed by atoms with Crippen molar-refractivity contribution in [2.24, 2.45) is 0 Å². The van der Waals surface area contributed by atoms with Crippen LogP contribution < -0.4 is 31.9 Å². The first-order valence-corrected chi connectivity index (χ1v) is 22.1. The van der Waals surface area contributed by atoms with E-state index < -0.39 is 24.2 Å². The van der Waals surface area contributed by atoms with Gasteiger partial charge in [-0.3, -0.25) is 0 Å². The van der Waals surface area contributed by atoms with Crippen LogP contribution in [0.25, 0.3) is 0 Å². The molecule has 0 atom stereocenters. The molecule has 0 unspecified atom stereocenters. The van der Waals surface area contributed by atoms with Gasteiger partial charge in [-0.2, -0.15) is 0 Å². The van der Waals surface area contributed by atoms with Gasteiger partial charge in [0.2, 0.25) is 6.71 Å². The predicted molar refractivity (Wildman–Crippen MR) is 153 cm³/mol. The molecule has 0 aliphatic carbocycles. The topological polar surface area (TPSA) is 0 Å². The highest BCUT2D eigenvalue weighted by Gasteiger charge is 2.25. The molecule has 3 aromatic carbocycles. The van der Waals surface area contributed by atoms with Crippen LogP contribution in [0.15, 0.2) is 72.8 Å². The molecule has 0 fully saturated rings. The third kappa shape index (κ3) is 5.79. The van der Waals surface area contributed by atoms with Gasteiger partial charge in [0.15, 0.2) is 0 Å². The van der Waals surface area contributed by atoms with Gasteiger partial charge in [-0.05, 0) is 0 Å². The maximum Gasteiger partial charge on any atom is 0.241 e. The molecule has 162 valence electrons. The highest BCUT2D eigenvalue weighted by molar-refractivity contribution is 6.96. The Morgan fingerprint density at radius 3 is 0.710 bits per heavy atom. The third-order valence-corrected chi connectivity index (χ3v) is 12.5. The summed E-state index contributed by atoms with van der Waals surface area (Å²) < 4.78 is 0. The number of hydrogen-bond acceptors (Lipinski definition) is 0. The second kappa shape index (κ2) is 8.72. The number of hydrogen-bond donors (Lipinski definition) is 0. The molecule has 4 heteroatoms. The van der Waals surface area contributed by atoms with Crippen LogP contribution >= 0.6 is 0 Å². The summed E-state index contributed by atoms with van der Waals surface area (Å²) in [5.41, 5.74) is 4.18. The van der Waals surface area contributed by atoms with Crippen LogP contribution in [0.2, 0.25) is 58.9 Å². The van der Waals surface area contributed by atoms with Gasteiger partial charge >= 0.3 is 0 Å². The highest BCUT2D eigenvalue weighted by atomic mass is 28.3. The van der Waals surface area contributed by atoms with E-state index in [1.807, 2.05) is 0 Å². The van der Waals surface area contributed by atoms with E-state index in [0.29, 0.717) is 0 Å². The molecule has 0 aromatic heterocycles. The fourth-order valence-electron chi connectivity index (χ4n) is 4.10. The molecule has 0 heterocycles. The first-order valence-electron chi connectivity index (χ1n) is 11.6. The van der Waals surface area contributed by atoms with Crippen molar-refractivity contribution in [2.75, 3.05) is 0 Å². The zero-order valence-corrected chi connectivity index (χ0v) is 24.0. The van der Waals surface area contributed by atoms with Gasteiger partial charge in [-0.15, -0.1) is 0 Å². The van der Waals surface area contributed by atoms with Gasteiger partial charge in [0.25, 0.3) is 0 Å². The van der Waals surface area contributed by atoms with Gasteiger partial charge in [0, 0.05) is 0 Å². The van der Waals surface area contributed by atoms with Crippen LogP contribution in [0.5, 0.6) is 0 Å². The molecule has 0 bridgehead atoms. The molecule has 0 saturated carbocycles. The quantitative estimate of drug-likeness (QED) is 0.493. The lowest BCUT2D eigenvalue weighted by Gasteiger charge is -2.22. The van der Waals surface area contributed by atoms with Crippen molar-refractivity contribution in [3.05, 3.63) is 72.8 Å². The normalized spacial score (nSPS) is 12.7. The SMILES string of the molecule is C[Si](C)(C)c1ccc(B(c2ccc([Si](C)(C)C)cc2)c2ccc([Si](C)(C)C)cc2)cc1. The van der Waals surface area contributed by atoms with Gasteiger partial charge in [-0.25, -0.2) is 0 Å². The first-order chi connectivity index (χ1) is 14.3. The first kappa shape index (κ1) is 24.0. The standard InChI is InChI=1S/C27H39BSi3/c1-29(2,3)25-16-10-22(11-17-25)28(23-12-18-26(19-13-23)30(4,5)6)24-14-20-27(21-15-24)31(7,8)9/h10-21H,1-9H3. The molecule has 0 amide bonds. The Bertz CT molecular complexity index is 864. The van der Waals surface area contributed by atoms with Crippen LogP contribution in [0, 0.1) is 0 Å². The summed E-state index contributed by atoms with van der Waals surface area (Å²) >= 11 is 0. The average Bonchev–Trinajstić information content (AvgIpc) is 2.67. The van der Waals surface area contributed by atoms with Gasteiger partial charge in [-0.1, -0.05) is 164 Å². The molecule has 0 nitrogen and oxygen atoms in total. The smallest absolute Gasteiger partial charge is 0.0687 e. The lowest BCUT2D eigenvalue weighted by Crippen LogP contribution is -2.53. The van der Waals surface area contributed by atoms with E-state index in [1.54, 1.807) is 0 Å². The molecule has 0 aliphatic rings. The maximum absolute atomic E-state index is 2.42. The Morgan fingerprint density at radius 1 is 0.355 bits per heavy atom. The molecule has 0 aliphatic heterocycles. The molecule has 3 aromatic rings. The van der Waals surface area contributed by atoms with E-state index in [2.05, 4.69) is 132 Å². The zero-order chi connectivity index (χ0) is 23.0. The summed E-state index contributed by atoms with van der Waals surface area (Å²) in [6, 6.07) is 28.5. The lowest BCUT2D eigenvalue weighted by atomic mass is 9.37. The molecular weight excluding hydrogens is 419 g/mol. The summed E-state index contributed by atoms with van der Waals surface area (Å²) in [5.74, 6) is 0. The summed E-state index contributed by atoms with van der Waals surface area (Å²) in [5, 5.41) is 4.58. The van der Waals surface area contributed by atoms with Crippen LogP contribution in [-0.2, 0) is 0 Å². The minimum Gasteiger partial charge on any atom is -0.0687 e. The molecular formula is C27H39BSi3. The van der Waals surface area contributed by atoms with Crippen molar-refractivity contribution in [2.45, 2.75) is 58.9 Å². The average molecular weight is 459 g/mol. The number of benzene rings is 3. The Kier molecular flexibility index (Phi) is 6.76. The fourth-order valence-corrected chi connectivity index (χ4v) is 7.60. The van der Waals surface area contributed by atoms with E-state index in [-0.39, 0.29) is 6.71 Å². The Balaban J connectivity index is 2.08. The summed E-state index contributed by atoms with van der Waals surface area (Å²) in [7, 11) is -3.89. The molecule has 3 rings (SSSR count). The molecule has 0 N–H and O–H groups in total. The molecule has 0 radical (unpaired) electrons. The predicted octanol–water partition coefficient (Wildman–Crippen LogP) is 3.84. The van der Waals surface area contributed by atoms with Crippen molar-refractivity contribution < 1.29 is 0 Å². The van der Waals surface area contributed by atoms with Crippen LogP contribution in [0.4, 0.5) is 0 Å². The maximum atomic E-state index is 2.42. The minimum absolute atomic E-state index is 0.280. The fraction of sp³-hybridized carbons (Fsp3) is 0.333. The van der Waals surface area contributed by atoms with Crippen molar-refractivity contribution in [1.82, 2.24) is 0 Å². The van der Waals surface area contributed by atoms with Gasteiger partial charge in [0.1, 0.15) is 0 Å². The largest absolute Gasteiger partial charge is 0.241 e. The minimum atomic E-state index is -1.30. The van der Waals surface area contributed by atoms with E-state index in [1.165, 1.54) is 31.9 Å². The summed E-state index contributed by atoms with van der Waals surface area (Å²) in [6.45, 7) is 22.1. The van der Waals surface area contributed by atoms with Crippen molar-refractivity contribution in [3.63, 3.8) is 0 Å². The molecule has 31 heavy (non-hydrogen) atoms. The van der Waals surface area contributed by atoms with Crippen LogP contribution in [0.1, 0.15) is 0 Å². The van der Waals surface area contributed by atoms with E-state index >= 15 is 0 Å². The monoisotopic (exact) mass is 458 g/mol. The van der Waals surface area contributed by atoms with E-state index in [4.69, 9.17) is 0 Å². The van der Waals surface area contributed by atoms with Crippen molar-refractivity contribution >= 4 is 62.9 Å². The molecule has 0 saturated heterocycles. The van der Waals surface area contributed by atoms with Crippen LogP contribution in [-0.4, -0.2) is 30.9 Å². The number of rotatable bonds is 6. The van der Waals surface area contributed by atoms with Crippen molar-refractivity contribution in [1.29, 1.82) is 0 Å². The third-order valence-electron chi connectivity index (χ3n) is 6.33. The summed E-state index contributed by atoms with van der Waals surface area (Å²) in [4.78, 5) is 0. The molecule has 0 spiro atoms. The van der Waals surface area contributed by atoms with Gasteiger partial charge < -0.3 is 0 Å². The second-order valence-electron chi connectivity index (χ2n) is 12.0. The lowest BCUT2D eigenvalue weighted by molar-refractivity contribution is 1.68. The Morgan fingerprint density at radius 2 is 0.548 bits per heavy atom. The summed E-state index contributed by atoms with van der Waals surface area (Å²) in [6.07, 6.45) is 0. The van der Waals surface area contributed by atoms with E-state index in [9.17, 15) is 0 Å². The van der Waals surface area contributed by atoms with E-state index in [0.717, 1.165) is 0 Å². The Labute approximate surface area is 194 Å². The van der Waals surface area contributed by atoms with Gasteiger partial charge in [0.05, 0.1) is 24.2 Å². The zero-order valence-electron chi connectivity index (χ0n) is 21.0. The van der Waals surface area contributed by atoms with Crippen molar-refractivity contribution in [3.8, 4) is 0 Å².